The first-order valence-corrected chi connectivity index (χ1v) is 4.90. The van der Waals surface area contributed by atoms with Gasteiger partial charge in [0, 0.05) is 24.0 Å². The van der Waals surface area contributed by atoms with E-state index in [1.165, 1.54) is 0 Å². The highest BCUT2D eigenvalue weighted by Crippen LogP contribution is 2.18. The summed E-state index contributed by atoms with van der Waals surface area (Å²) in [5.74, 6) is 0.652. The molecule has 3 heteroatoms. The molecular weight excluding hydrogens is 188 g/mol. The fourth-order valence-corrected chi connectivity index (χ4v) is 1.32. The van der Waals surface area contributed by atoms with Gasteiger partial charge in [-0.1, -0.05) is 6.07 Å². The zero-order valence-electron chi connectivity index (χ0n) is 8.55. The Bertz CT molecular complexity index is 429. The van der Waals surface area contributed by atoms with Crippen LogP contribution in [0.1, 0.15) is 6.92 Å². The van der Waals surface area contributed by atoms with Crippen molar-refractivity contribution in [2.75, 3.05) is 6.61 Å². The Labute approximate surface area is 88.8 Å². The Balaban J connectivity index is 2.33. The van der Waals surface area contributed by atoms with E-state index in [9.17, 15) is 0 Å². The topological polar surface area (TPSA) is 35.0 Å². The van der Waals surface area contributed by atoms with Crippen LogP contribution in [0.15, 0.2) is 42.7 Å². The molecule has 0 radical (unpaired) electrons. The molecule has 0 amide bonds. The summed E-state index contributed by atoms with van der Waals surface area (Å²) in [5.41, 5.74) is 1.88. The van der Waals surface area contributed by atoms with E-state index in [0.717, 1.165) is 11.3 Å². The first-order valence-electron chi connectivity index (χ1n) is 4.90. The van der Waals surface area contributed by atoms with Gasteiger partial charge in [0.15, 0.2) is 0 Å². The Kier molecular flexibility index (Phi) is 2.93. The van der Waals surface area contributed by atoms with E-state index in [4.69, 9.17) is 4.74 Å². The SMILES string of the molecule is CCOc1cccc(-c2cccnc2)n1. The quantitative estimate of drug-likeness (QED) is 0.763. The molecule has 0 aliphatic rings. The van der Waals surface area contributed by atoms with Crippen molar-refractivity contribution in [2.24, 2.45) is 0 Å². The first kappa shape index (κ1) is 9.65. The van der Waals surface area contributed by atoms with E-state index in [2.05, 4.69) is 9.97 Å². The van der Waals surface area contributed by atoms with Gasteiger partial charge in [-0.05, 0) is 25.1 Å². The van der Waals surface area contributed by atoms with Gasteiger partial charge in [-0.15, -0.1) is 0 Å². The second-order valence-corrected chi connectivity index (χ2v) is 3.04. The lowest BCUT2D eigenvalue weighted by molar-refractivity contribution is 0.327. The van der Waals surface area contributed by atoms with Crippen LogP contribution in [-0.2, 0) is 0 Å². The van der Waals surface area contributed by atoms with Gasteiger partial charge in [0.05, 0.1) is 12.3 Å². The minimum Gasteiger partial charge on any atom is -0.478 e. The molecule has 0 atom stereocenters. The predicted molar refractivity (Wildman–Crippen MR) is 58.6 cm³/mol. The van der Waals surface area contributed by atoms with Crippen LogP contribution >= 0.6 is 0 Å². The Hall–Kier alpha value is -1.90. The molecule has 2 aromatic heterocycles. The molecule has 2 rings (SSSR count). The third kappa shape index (κ3) is 2.31. The van der Waals surface area contributed by atoms with Gasteiger partial charge >= 0.3 is 0 Å². The van der Waals surface area contributed by atoms with Crippen LogP contribution < -0.4 is 4.74 Å². The van der Waals surface area contributed by atoms with Crippen LogP contribution in [-0.4, -0.2) is 16.6 Å². The lowest BCUT2D eigenvalue weighted by Crippen LogP contribution is -1.95. The summed E-state index contributed by atoms with van der Waals surface area (Å²) in [7, 11) is 0. The highest BCUT2D eigenvalue weighted by Gasteiger charge is 2.00. The van der Waals surface area contributed by atoms with E-state index in [-0.39, 0.29) is 0 Å². The van der Waals surface area contributed by atoms with Crippen molar-refractivity contribution < 1.29 is 4.74 Å². The van der Waals surface area contributed by atoms with Crippen molar-refractivity contribution >= 4 is 0 Å². The molecule has 2 heterocycles. The summed E-state index contributed by atoms with van der Waals surface area (Å²) in [5, 5.41) is 0. The van der Waals surface area contributed by atoms with E-state index in [1.54, 1.807) is 12.4 Å². The monoisotopic (exact) mass is 200 g/mol. The summed E-state index contributed by atoms with van der Waals surface area (Å²) in [6.07, 6.45) is 3.54. The number of nitrogens with zero attached hydrogens (tertiary/aromatic N) is 2. The molecule has 0 aliphatic heterocycles. The molecule has 0 saturated heterocycles. The zero-order chi connectivity index (χ0) is 10.5. The molecule has 0 saturated carbocycles. The smallest absolute Gasteiger partial charge is 0.213 e. The molecule has 76 valence electrons. The van der Waals surface area contributed by atoms with Crippen LogP contribution in [0, 0.1) is 0 Å². The Morgan fingerprint density at radius 1 is 1.20 bits per heavy atom. The van der Waals surface area contributed by atoms with Gasteiger partial charge < -0.3 is 4.74 Å². The maximum atomic E-state index is 5.34. The van der Waals surface area contributed by atoms with Crippen LogP contribution in [0.4, 0.5) is 0 Å². The highest BCUT2D eigenvalue weighted by molar-refractivity contribution is 5.57. The van der Waals surface area contributed by atoms with Crippen molar-refractivity contribution in [2.45, 2.75) is 6.92 Å². The maximum Gasteiger partial charge on any atom is 0.213 e. The molecule has 0 unspecified atom stereocenters. The summed E-state index contributed by atoms with van der Waals surface area (Å²) in [6, 6.07) is 9.60. The third-order valence-corrected chi connectivity index (χ3v) is 1.97. The molecule has 15 heavy (non-hydrogen) atoms. The molecule has 0 N–H and O–H groups in total. The van der Waals surface area contributed by atoms with Crippen molar-refractivity contribution in [3.05, 3.63) is 42.7 Å². The number of rotatable bonds is 3. The third-order valence-electron chi connectivity index (χ3n) is 1.97. The van der Waals surface area contributed by atoms with Crippen molar-refractivity contribution in [3.63, 3.8) is 0 Å². The lowest BCUT2D eigenvalue weighted by atomic mass is 10.2. The lowest BCUT2D eigenvalue weighted by Gasteiger charge is -2.04. The van der Waals surface area contributed by atoms with Gasteiger partial charge in [-0.3, -0.25) is 4.98 Å². The fraction of sp³-hybridized carbons (Fsp3) is 0.167. The van der Waals surface area contributed by atoms with Crippen LogP contribution in [0.25, 0.3) is 11.3 Å². The van der Waals surface area contributed by atoms with Gasteiger partial charge in [0.2, 0.25) is 5.88 Å². The van der Waals surface area contributed by atoms with Crippen molar-refractivity contribution in [3.8, 4) is 17.1 Å². The first-order chi connectivity index (χ1) is 7.40. The van der Waals surface area contributed by atoms with Gasteiger partial charge in [-0.2, -0.15) is 0 Å². The van der Waals surface area contributed by atoms with Crippen molar-refractivity contribution in [1.29, 1.82) is 0 Å². The summed E-state index contributed by atoms with van der Waals surface area (Å²) in [6.45, 7) is 2.57. The van der Waals surface area contributed by atoms with Crippen molar-refractivity contribution in [1.82, 2.24) is 9.97 Å². The number of ether oxygens (including phenoxy) is 1. The average Bonchev–Trinajstić information content (AvgIpc) is 2.31. The molecule has 0 bridgehead atoms. The Morgan fingerprint density at radius 3 is 2.87 bits per heavy atom. The van der Waals surface area contributed by atoms with Crippen LogP contribution in [0.3, 0.4) is 0 Å². The summed E-state index contributed by atoms with van der Waals surface area (Å²) < 4.78 is 5.34. The van der Waals surface area contributed by atoms with Gasteiger partial charge in [0.1, 0.15) is 0 Å². The fourth-order valence-electron chi connectivity index (χ4n) is 1.32. The predicted octanol–water partition coefficient (Wildman–Crippen LogP) is 2.54. The van der Waals surface area contributed by atoms with E-state index in [1.807, 2.05) is 37.3 Å². The van der Waals surface area contributed by atoms with Crippen LogP contribution in [0.2, 0.25) is 0 Å². The number of pyridine rings is 2. The average molecular weight is 200 g/mol. The number of hydrogen-bond donors (Lipinski definition) is 0. The second kappa shape index (κ2) is 4.55. The normalized spacial score (nSPS) is 9.93. The van der Waals surface area contributed by atoms with E-state index < -0.39 is 0 Å². The Morgan fingerprint density at radius 2 is 2.13 bits per heavy atom. The molecule has 0 aromatic carbocycles. The zero-order valence-corrected chi connectivity index (χ0v) is 8.55. The molecule has 3 nitrogen and oxygen atoms in total. The van der Waals surface area contributed by atoms with Crippen LogP contribution in [0.5, 0.6) is 5.88 Å². The summed E-state index contributed by atoms with van der Waals surface area (Å²) in [4.78, 5) is 8.43. The minimum atomic E-state index is 0.628. The van der Waals surface area contributed by atoms with E-state index in [0.29, 0.717) is 12.5 Å². The molecule has 0 aliphatic carbocycles. The molecule has 2 aromatic rings. The molecular formula is C12H12N2O. The highest BCUT2D eigenvalue weighted by atomic mass is 16.5. The largest absolute Gasteiger partial charge is 0.478 e. The standard InChI is InChI=1S/C12H12N2O/c1-2-15-12-7-3-6-11(14-12)10-5-4-8-13-9-10/h3-9H,2H2,1H3. The van der Waals surface area contributed by atoms with Gasteiger partial charge in [0.25, 0.3) is 0 Å². The maximum absolute atomic E-state index is 5.34. The van der Waals surface area contributed by atoms with Gasteiger partial charge in [-0.25, -0.2) is 4.98 Å². The second-order valence-electron chi connectivity index (χ2n) is 3.04. The van der Waals surface area contributed by atoms with E-state index >= 15 is 0 Å². The number of hydrogen-bond acceptors (Lipinski definition) is 3. The molecule has 0 spiro atoms. The number of aromatic nitrogens is 2. The minimum absolute atomic E-state index is 0.628. The molecule has 0 fully saturated rings. The summed E-state index contributed by atoms with van der Waals surface area (Å²) >= 11 is 0.